The van der Waals surface area contributed by atoms with E-state index in [4.69, 9.17) is 4.98 Å². The van der Waals surface area contributed by atoms with Gasteiger partial charge in [0.05, 0.1) is 15.1 Å². The van der Waals surface area contributed by atoms with Crippen molar-refractivity contribution in [3.63, 3.8) is 0 Å². The Morgan fingerprint density at radius 3 is 1.51 bits per heavy atom. The molecule has 11 aromatic rings. The number of rotatable bonds is 5. The molecule has 0 aliphatic carbocycles. The van der Waals surface area contributed by atoms with Crippen molar-refractivity contribution < 1.29 is 0 Å². The molecule has 3 aromatic heterocycles. The smallest absolute Gasteiger partial charge is 0.134 e. The third-order valence-electron chi connectivity index (χ3n) is 10.3. The third-order valence-corrected chi connectivity index (χ3v) is 14.0. The molecule has 4 heteroatoms. The first-order valence-electron chi connectivity index (χ1n) is 17.8. The first kappa shape index (κ1) is 30.7. The van der Waals surface area contributed by atoms with Gasteiger partial charge in [-0.15, -0.1) is 34.0 Å². The predicted octanol–water partition coefficient (Wildman–Crippen LogP) is 15.4. The Morgan fingerprint density at radius 1 is 0.321 bits per heavy atom. The lowest BCUT2D eigenvalue weighted by atomic mass is 9.84. The highest BCUT2D eigenvalue weighted by atomic mass is 32.1. The SMILES string of the molecule is c1ccc2cc(-c3c4ccccc4c(-c4ccc5ccccc5c4)c4cc(-c5ccc(-c6ccc(-c7nc8ccccc8s7)s6)s5)ccc34)ccc2c1. The summed E-state index contributed by atoms with van der Waals surface area (Å²) in [4.78, 5) is 9.96. The summed E-state index contributed by atoms with van der Waals surface area (Å²) in [5.74, 6) is 0. The van der Waals surface area contributed by atoms with E-state index in [9.17, 15) is 0 Å². The molecule has 11 rings (SSSR count). The van der Waals surface area contributed by atoms with E-state index in [1.165, 1.54) is 95.1 Å². The highest BCUT2D eigenvalue weighted by Crippen LogP contribution is 2.47. The lowest BCUT2D eigenvalue weighted by Gasteiger charge is -2.19. The van der Waals surface area contributed by atoms with Crippen LogP contribution in [-0.2, 0) is 0 Å². The van der Waals surface area contributed by atoms with Gasteiger partial charge in [0, 0.05) is 14.6 Å². The molecule has 248 valence electrons. The van der Waals surface area contributed by atoms with Crippen LogP contribution in [0.15, 0.2) is 176 Å². The van der Waals surface area contributed by atoms with Gasteiger partial charge in [-0.3, -0.25) is 0 Å². The zero-order valence-electron chi connectivity index (χ0n) is 28.4. The van der Waals surface area contributed by atoms with E-state index < -0.39 is 0 Å². The van der Waals surface area contributed by atoms with Crippen LogP contribution in [0.4, 0.5) is 0 Å². The van der Waals surface area contributed by atoms with Gasteiger partial charge in [-0.2, -0.15) is 0 Å². The van der Waals surface area contributed by atoms with Crippen LogP contribution in [0.3, 0.4) is 0 Å². The van der Waals surface area contributed by atoms with Crippen molar-refractivity contribution >= 4 is 87.3 Å². The molecule has 0 aliphatic rings. The number of thiophene rings is 2. The fourth-order valence-corrected chi connectivity index (χ4v) is 11.0. The summed E-state index contributed by atoms with van der Waals surface area (Å²) in [5, 5.41) is 11.2. The molecule has 8 aromatic carbocycles. The first-order valence-corrected chi connectivity index (χ1v) is 20.2. The van der Waals surface area contributed by atoms with Crippen molar-refractivity contribution in [1.29, 1.82) is 0 Å². The van der Waals surface area contributed by atoms with Gasteiger partial charge >= 0.3 is 0 Å². The monoisotopic (exact) mass is 727 g/mol. The number of fused-ring (bicyclic) bond motifs is 5. The summed E-state index contributed by atoms with van der Waals surface area (Å²) in [7, 11) is 0. The van der Waals surface area contributed by atoms with Crippen LogP contribution in [-0.4, -0.2) is 4.98 Å². The predicted molar refractivity (Wildman–Crippen MR) is 233 cm³/mol. The van der Waals surface area contributed by atoms with Crippen molar-refractivity contribution in [2.75, 3.05) is 0 Å². The van der Waals surface area contributed by atoms with E-state index in [0.717, 1.165) is 10.5 Å². The molecule has 0 bridgehead atoms. The Bertz CT molecular complexity index is 3160. The zero-order valence-corrected chi connectivity index (χ0v) is 30.9. The van der Waals surface area contributed by atoms with Gasteiger partial charge in [-0.25, -0.2) is 4.98 Å². The van der Waals surface area contributed by atoms with Crippen molar-refractivity contribution in [3.05, 3.63) is 176 Å². The van der Waals surface area contributed by atoms with Crippen LogP contribution >= 0.6 is 34.0 Å². The molecule has 0 spiro atoms. The van der Waals surface area contributed by atoms with E-state index in [-0.39, 0.29) is 0 Å². The molecule has 0 atom stereocenters. The summed E-state index contributed by atoms with van der Waals surface area (Å²) in [6.07, 6.45) is 0. The quantitative estimate of drug-likeness (QED) is 0.161. The third kappa shape index (κ3) is 5.21. The van der Waals surface area contributed by atoms with Crippen LogP contribution in [0.1, 0.15) is 0 Å². The number of nitrogens with zero attached hydrogens (tertiary/aromatic N) is 1. The molecular weight excluding hydrogens is 699 g/mol. The van der Waals surface area contributed by atoms with Crippen LogP contribution in [0, 0.1) is 0 Å². The fourth-order valence-electron chi connectivity index (χ4n) is 7.83. The lowest BCUT2D eigenvalue weighted by Crippen LogP contribution is -1.92. The maximum Gasteiger partial charge on any atom is 0.134 e. The van der Waals surface area contributed by atoms with Crippen molar-refractivity contribution in [3.8, 4) is 52.3 Å². The van der Waals surface area contributed by atoms with Gasteiger partial charge < -0.3 is 0 Å². The normalized spacial score (nSPS) is 11.8. The van der Waals surface area contributed by atoms with Crippen molar-refractivity contribution in [2.45, 2.75) is 0 Å². The highest BCUT2D eigenvalue weighted by molar-refractivity contribution is 7.28. The molecule has 3 heterocycles. The Balaban J connectivity index is 1.10. The maximum absolute atomic E-state index is 4.92. The largest absolute Gasteiger partial charge is 0.235 e. The molecule has 53 heavy (non-hydrogen) atoms. The summed E-state index contributed by atoms with van der Waals surface area (Å²) in [6.45, 7) is 0. The van der Waals surface area contributed by atoms with Gasteiger partial charge in [0.2, 0.25) is 0 Å². The number of thiazole rings is 1. The minimum atomic E-state index is 1.07. The first-order chi connectivity index (χ1) is 26.2. The number of para-hydroxylation sites is 1. The number of hydrogen-bond donors (Lipinski definition) is 0. The lowest BCUT2D eigenvalue weighted by molar-refractivity contribution is 1.50. The van der Waals surface area contributed by atoms with Crippen LogP contribution in [0.5, 0.6) is 0 Å². The zero-order chi connectivity index (χ0) is 34.9. The van der Waals surface area contributed by atoms with Gasteiger partial charge in [-0.1, -0.05) is 121 Å². The summed E-state index contributed by atoms with van der Waals surface area (Å²) >= 11 is 5.45. The molecule has 1 nitrogen and oxygen atoms in total. The molecule has 0 aliphatic heterocycles. The Hall–Kier alpha value is -5.91. The fraction of sp³-hybridized carbons (Fsp3) is 0. The summed E-state index contributed by atoms with van der Waals surface area (Å²) < 4.78 is 1.23. The molecular formula is C49H29NS3. The number of aromatic nitrogens is 1. The van der Waals surface area contributed by atoms with Gasteiger partial charge in [0.1, 0.15) is 5.01 Å². The van der Waals surface area contributed by atoms with E-state index in [1.54, 1.807) is 11.3 Å². The second-order valence-electron chi connectivity index (χ2n) is 13.5. The van der Waals surface area contributed by atoms with Crippen molar-refractivity contribution in [2.24, 2.45) is 0 Å². The van der Waals surface area contributed by atoms with E-state index >= 15 is 0 Å². The van der Waals surface area contributed by atoms with E-state index in [0.29, 0.717) is 0 Å². The maximum atomic E-state index is 4.92. The van der Waals surface area contributed by atoms with Gasteiger partial charge in [0.15, 0.2) is 0 Å². The molecule has 0 saturated carbocycles. The molecule has 0 N–H and O–H groups in total. The minimum absolute atomic E-state index is 1.07. The number of hydrogen-bond acceptors (Lipinski definition) is 4. The topological polar surface area (TPSA) is 12.9 Å². The molecule has 0 amide bonds. The molecule has 0 saturated heterocycles. The summed E-state index contributed by atoms with van der Waals surface area (Å²) in [6, 6.07) is 64.7. The number of benzene rings is 8. The van der Waals surface area contributed by atoms with Crippen LogP contribution < -0.4 is 0 Å². The average Bonchev–Trinajstić information content (AvgIpc) is 4.00. The van der Waals surface area contributed by atoms with Crippen molar-refractivity contribution in [1.82, 2.24) is 4.98 Å². The minimum Gasteiger partial charge on any atom is -0.235 e. The Kier molecular flexibility index (Phi) is 7.15. The molecule has 0 radical (unpaired) electrons. The van der Waals surface area contributed by atoms with E-state index in [2.05, 4.69) is 176 Å². The summed E-state index contributed by atoms with van der Waals surface area (Å²) in [5.41, 5.74) is 7.34. The Morgan fingerprint density at radius 2 is 0.830 bits per heavy atom. The molecule has 0 unspecified atom stereocenters. The Labute approximate surface area is 318 Å². The standard InChI is InChI=1S/C49H29NS3/c1-3-11-32-27-35(19-17-30(32)9-1)47-37-13-5-6-14-38(37)48(36-20-18-31-10-2-4-12-33(31)28-36)40-29-34(21-22-39(40)47)42-23-24-44(51-42)45-25-26-46(52-45)49-50-41-15-7-8-16-43(41)53-49/h1-29H. The second kappa shape index (κ2) is 12.4. The second-order valence-corrected chi connectivity index (χ2v) is 16.7. The van der Waals surface area contributed by atoms with Crippen LogP contribution in [0.2, 0.25) is 0 Å². The van der Waals surface area contributed by atoms with E-state index in [1.807, 2.05) is 22.7 Å². The molecule has 0 fully saturated rings. The highest BCUT2D eigenvalue weighted by Gasteiger charge is 2.19. The van der Waals surface area contributed by atoms with Gasteiger partial charge in [-0.05, 0) is 126 Å². The van der Waals surface area contributed by atoms with Gasteiger partial charge in [0.25, 0.3) is 0 Å². The van der Waals surface area contributed by atoms with Crippen LogP contribution in [0.25, 0.3) is 106 Å². The average molecular weight is 728 g/mol.